The molecule has 1 amide bonds. The number of amides is 1. The van der Waals surface area contributed by atoms with Crippen LogP contribution in [0.1, 0.15) is 25.0 Å². The Hall–Kier alpha value is -1.69. The van der Waals surface area contributed by atoms with Crippen LogP contribution >= 0.6 is 0 Å². The minimum Gasteiger partial charge on any atom is -0.367 e. The fraction of sp³-hybridized carbons (Fsp3) is 0.667. The molecular formula is C15H23N5O. The van der Waals surface area contributed by atoms with E-state index in [1.165, 1.54) is 0 Å². The van der Waals surface area contributed by atoms with E-state index in [1.54, 1.807) is 6.33 Å². The van der Waals surface area contributed by atoms with Crippen LogP contribution in [-0.2, 0) is 4.79 Å². The molecule has 114 valence electrons. The lowest BCUT2D eigenvalue weighted by Crippen LogP contribution is -2.47. The van der Waals surface area contributed by atoms with Gasteiger partial charge >= 0.3 is 0 Å². The van der Waals surface area contributed by atoms with Gasteiger partial charge in [0.05, 0.1) is 6.04 Å². The molecule has 1 N–H and O–H groups in total. The first-order chi connectivity index (χ1) is 10.1. The summed E-state index contributed by atoms with van der Waals surface area (Å²) in [6.07, 6.45) is 4.67. The van der Waals surface area contributed by atoms with Crippen LogP contribution < -0.4 is 5.32 Å². The largest absolute Gasteiger partial charge is 0.367 e. The van der Waals surface area contributed by atoms with Crippen LogP contribution in [-0.4, -0.2) is 64.4 Å². The molecule has 21 heavy (non-hydrogen) atoms. The molecule has 2 saturated heterocycles. The van der Waals surface area contributed by atoms with E-state index in [9.17, 15) is 4.79 Å². The molecule has 0 spiro atoms. The maximum absolute atomic E-state index is 12.1. The second-order valence-electron chi connectivity index (χ2n) is 6.06. The molecule has 3 heterocycles. The Morgan fingerprint density at radius 1 is 1.19 bits per heavy atom. The third-order valence-corrected chi connectivity index (χ3v) is 4.53. The molecule has 2 aliphatic rings. The molecule has 0 radical (unpaired) electrons. The number of aryl methyl sites for hydroxylation is 1. The van der Waals surface area contributed by atoms with Crippen molar-refractivity contribution in [2.45, 2.75) is 38.3 Å². The summed E-state index contributed by atoms with van der Waals surface area (Å²) in [4.78, 5) is 24.6. The quantitative estimate of drug-likeness (QED) is 0.895. The normalized spacial score (nSPS) is 24.6. The van der Waals surface area contributed by atoms with E-state index in [2.05, 4.69) is 20.2 Å². The number of nitrogens with zero attached hydrogens (tertiary/aromatic N) is 4. The Kier molecular flexibility index (Phi) is 4.05. The first-order valence-electron chi connectivity index (χ1n) is 7.67. The number of carbonyl (C=O) groups excluding carboxylic acids is 1. The van der Waals surface area contributed by atoms with Crippen molar-refractivity contribution in [2.24, 2.45) is 0 Å². The SMILES string of the molecule is Cc1cc(NC2CCN(C3CCN(C)C3=O)CC2)ncn1. The van der Waals surface area contributed by atoms with Crippen molar-refractivity contribution < 1.29 is 4.79 Å². The second-order valence-corrected chi connectivity index (χ2v) is 6.06. The van der Waals surface area contributed by atoms with E-state index in [1.807, 2.05) is 24.9 Å². The maximum Gasteiger partial charge on any atom is 0.239 e. The van der Waals surface area contributed by atoms with E-state index in [0.29, 0.717) is 6.04 Å². The Balaban J connectivity index is 1.52. The molecule has 1 aromatic rings. The summed E-state index contributed by atoms with van der Waals surface area (Å²) in [5.41, 5.74) is 0.976. The smallest absolute Gasteiger partial charge is 0.239 e. The van der Waals surface area contributed by atoms with E-state index in [-0.39, 0.29) is 11.9 Å². The lowest BCUT2D eigenvalue weighted by Gasteiger charge is -2.35. The molecule has 0 saturated carbocycles. The third kappa shape index (κ3) is 3.15. The van der Waals surface area contributed by atoms with Gasteiger partial charge in [0.1, 0.15) is 12.1 Å². The molecule has 2 aliphatic heterocycles. The number of likely N-dealkylation sites (N-methyl/N-ethyl adjacent to an activating group) is 1. The molecule has 6 nitrogen and oxygen atoms in total. The van der Waals surface area contributed by atoms with Gasteiger partial charge in [0.15, 0.2) is 0 Å². The fourth-order valence-corrected chi connectivity index (χ4v) is 3.24. The minimum atomic E-state index is 0.109. The van der Waals surface area contributed by atoms with Gasteiger partial charge < -0.3 is 10.2 Å². The summed E-state index contributed by atoms with van der Waals surface area (Å²) in [6, 6.07) is 2.52. The number of piperidine rings is 1. The number of likely N-dealkylation sites (tertiary alicyclic amines) is 2. The van der Waals surface area contributed by atoms with Crippen molar-refractivity contribution >= 4 is 11.7 Å². The monoisotopic (exact) mass is 289 g/mol. The lowest BCUT2D eigenvalue weighted by atomic mass is 10.0. The predicted octanol–water partition coefficient (Wildman–Crippen LogP) is 0.892. The number of aromatic nitrogens is 2. The van der Waals surface area contributed by atoms with E-state index < -0.39 is 0 Å². The average Bonchev–Trinajstić information content (AvgIpc) is 2.80. The lowest BCUT2D eigenvalue weighted by molar-refractivity contribution is -0.131. The summed E-state index contributed by atoms with van der Waals surface area (Å²) < 4.78 is 0. The Morgan fingerprint density at radius 2 is 1.95 bits per heavy atom. The number of hydrogen-bond donors (Lipinski definition) is 1. The number of anilines is 1. The zero-order chi connectivity index (χ0) is 14.8. The van der Waals surface area contributed by atoms with Crippen molar-refractivity contribution in [1.29, 1.82) is 0 Å². The first kappa shape index (κ1) is 14.3. The highest BCUT2D eigenvalue weighted by atomic mass is 16.2. The van der Waals surface area contributed by atoms with Gasteiger partial charge in [-0.15, -0.1) is 0 Å². The van der Waals surface area contributed by atoms with Crippen LogP contribution in [0.5, 0.6) is 0 Å². The van der Waals surface area contributed by atoms with Crippen LogP contribution in [0, 0.1) is 6.92 Å². The highest BCUT2D eigenvalue weighted by Crippen LogP contribution is 2.22. The van der Waals surface area contributed by atoms with Crippen LogP contribution in [0.4, 0.5) is 5.82 Å². The standard InChI is InChI=1S/C15H23N5O/c1-11-9-14(17-10-16-11)18-12-3-7-20(8-4-12)13-5-6-19(2)15(13)21/h9-10,12-13H,3-8H2,1-2H3,(H,16,17,18). The van der Waals surface area contributed by atoms with Crippen molar-refractivity contribution in [3.05, 3.63) is 18.1 Å². The summed E-state index contributed by atoms with van der Waals surface area (Å²) in [5.74, 6) is 1.19. The Bertz CT molecular complexity index is 513. The zero-order valence-electron chi connectivity index (χ0n) is 12.7. The molecule has 2 fully saturated rings. The van der Waals surface area contributed by atoms with Gasteiger partial charge in [0, 0.05) is 44.5 Å². The zero-order valence-corrected chi connectivity index (χ0v) is 12.7. The summed E-state index contributed by atoms with van der Waals surface area (Å²) in [7, 11) is 1.90. The number of hydrogen-bond acceptors (Lipinski definition) is 5. The number of nitrogens with one attached hydrogen (secondary N) is 1. The highest BCUT2D eigenvalue weighted by Gasteiger charge is 2.35. The number of rotatable bonds is 3. The van der Waals surface area contributed by atoms with E-state index in [4.69, 9.17) is 0 Å². The number of carbonyl (C=O) groups is 1. The molecule has 1 unspecified atom stereocenters. The van der Waals surface area contributed by atoms with Crippen molar-refractivity contribution in [3.8, 4) is 0 Å². The molecule has 3 rings (SSSR count). The molecule has 1 atom stereocenters. The molecule has 6 heteroatoms. The fourth-order valence-electron chi connectivity index (χ4n) is 3.24. The van der Waals surface area contributed by atoms with Gasteiger partial charge in [-0.2, -0.15) is 0 Å². The molecule has 0 bridgehead atoms. The van der Waals surface area contributed by atoms with Crippen LogP contribution in [0.15, 0.2) is 12.4 Å². The molecule has 1 aromatic heterocycles. The van der Waals surface area contributed by atoms with Crippen LogP contribution in [0.25, 0.3) is 0 Å². The van der Waals surface area contributed by atoms with Gasteiger partial charge in [-0.05, 0) is 26.2 Å². The topological polar surface area (TPSA) is 61.4 Å². The minimum absolute atomic E-state index is 0.109. The first-order valence-corrected chi connectivity index (χ1v) is 7.67. The predicted molar refractivity (Wildman–Crippen MR) is 81.0 cm³/mol. The molecule has 0 aliphatic carbocycles. The van der Waals surface area contributed by atoms with Gasteiger partial charge in [-0.3, -0.25) is 9.69 Å². The average molecular weight is 289 g/mol. The van der Waals surface area contributed by atoms with Gasteiger partial charge in [-0.25, -0.2) is 9.97 Å². The van der Waals surface area contributed by atoms with E-state index in [0.717, 1.165) is 50.4 Å². The van der Waals surface area contributed by atoms with Crippen LogP contribution in [0.3, 0.4) is 0 Å². The van der Waals surface area contributed by atoms with Gasteiger partial charge in [0.2, 0.25) is 5.91 Å². The maximum atomic E-state index is 12.1. The molecule has 0 aromatic carbocycles. The van der Waals surface area contributed by atoms with Crippen molar-refractivity contribution in [1.82, 2.24) is 19.8 Å². The summed E-state index contributed by atoms with van der Waals surface area (Å²) in [5, 5.41) is 3.48. The van der Waals surface area contributed by atoms with Crippen molar-refractivity contribution in [3.63, 3.8) is 0 Å². The Labute approximate surface area is 125 Å². The van der Waals surface area contributed by atoms with Crippen molar-refractivity contribution in [2.75, 3.05) is 32.0 Å². The summed E-state index contributed by atoms with van der Waals surface area (Å²) >= 11 is 0. The second kappa shape index (κ2) is 5.97. The highest BCUT2D eigenvalue weighted by molar-refractivity contribution is 5.83. The van der Waals surface area contributed by atoms with Gasteiger partial charge in [-0.1, -0.05) is 0 Å². The Morgan fingerprint density at radius 3 is 2.57 bits per heavy atom. The van der Waals surface area contributed by atoms with Gasteiger partial charge in [0.25, 0.3) is 0 Å². The third-order valence-electron chi connectivity index (χ3n) is 4.53. The van der Waals surface area contributed by atoms with E-state index >= 15 is 0 Å². The molecular weight excluding hydrogens is 266 g/mol. The summed E-state index contributed by atoms with van der Waals surface area (Å²) in [6.45, 7) is 4.82. The van der Waals surface area contributed by atoms with Crippen LogP contribution in [0.2, 0.25) is 0 Å².